The zero-order valence-corrected chi connectivity index (χ0v) is 20.6. The molecule has 178 valence electrons. The summed E-state index contributed by atoms with van der Waals surface area (Å²) in [5, 5.41) is 6.44. The Labute approximate surface area is 203 Å². The number of hydrogen-bond donors (Lipinski definition) is 2. The quantitative estimate of drug-likeness (QED) is 0.251. The fourth-order valence-electron chi connectivity index (χ4n) is 2.72. The maximum Gasteiger partial charge on any atom is 0.422 e. The van der Waals surface area contributed by atoms with Crippen LogP contribution in [0.15, 0.2) is 47.5 Å². The molecule has 6 nitrogen and oxygen atoms in total. The van der Waals surface area contributed by atoms with E-state index in [1.54, 1.807) is 19.2 Å². The van der Waals surface area contributed by atoms with E-state index < -0.39 is 12.8 Å². The van der Waals surface area contributed by atoms with Crippen molar-refractivity contribution >= 4 is 29.9 Å². The van der Waals surface area contributed by atoms with Crippen LogP contribution in [-0.2, 0) is 13.0 Å². The van der Waals surface area contributed by atoms with Crippen molar-refractivity contribution in [1.82, 2.24) is 10.6 Å². The average molecular weight is 567 g/mol. The summed E-state index contributed by atoms with van der Waals surface area (Å²) < 4.78 is 52.3. The van der Waals surface area contributed by atoms with Crippen molar-refractivity contribution in [3.8, 4) is 17.2 Å². The Morgan fingerprint density at radius 3 is 2.22 bits per heavy atom. The summed E-state index contributed by atoms with van der Waals surface area (Å²) in [6, 6.07) is 12.6. The third-order valence-electron chi connectivity index (χ3n) is 4.25. The van der Waals surface area contributed by atoms with E-state index in [1.807, 2.05) is 31.2 Å². The van der Waals surface area contributed by atoms with Gasteiger partial charge in [-0.15, -0.1) is 24.0 Å². The molecule has 0 aliphatic carbocycles. The van der Waals surface area contributed by atoms with Crippen molar-refractivity contribution in [2.24, 2.45) is 4.99 Å². The van der Waals surface area contributed by atoms with Gasteiger partial charge < -0.3 is 24.8 Å². The third kappa shape index (κ3) is 9.84. The lowest BCUT2D eigenvalue weighted by atomic mass is 10.1. The van der Waals surface area contributed by atoms with Crippen molar-refractivity contribution in [2.75, 3.05) is 33.9 Å². The number of rotatable bonds is 10. The first kappa shape index (κ1) is 27.7. The first-order valence-electron chi connectivity index (χ1n) is 9.86. The summed E-state index contributed by atoms with van der Waals surface area (Å²) in [6.07, 6.45) is -3.60. The van der Waals surface area contributed by atoms with Crippen molar-refractivity contribution in [1.29, 1.82) is 0 Å². The van der Waals surface area contributed by atoms with Crippen LogP contribution in [0.3, 0.4) is 0 Å². The van der Waals surface area contributed by atoms with Crippen molar-refractivity contribution in [2.45, 2.75) is 26.1 Å². The summed E-state index contributed by atoms with van der Waals surface area (Å²) in [5.74, 6) is 1.73. The molecule has 0 aliphatic rings. The number of nitrogens with zero attached hydrogens (tertiary/aromatic N) is 1. The molecule has 2 N–H and O–H groups in total. The highest BCUT2D eigenvalue weighted by atomic mass is 127. The van der Waals surface area contributed by atoms with Crippen LogP contribution < -0.4 is 24.8 Å². The van der Waals surface area contributed by atoms with E-state index in [9.17, 15) is 13.2 Å². The molecule has 2 rings (SSSR count). The predicted octanol–water partition coefficient (Wildman–Crippen LogP) is 4.56. The Kier molecular flexibility index (Phi) is 12.0. The van der Waals surface area contributed by atoms with E-state index in [1.165, 1.54) is 18.7 Å². The molecule has 0 atom stereocenters. The molecule has 10 heteroatoms. The second kappa shape index (κ2) is 13.9. The van der Waals surface area contributed by atoms with Gasteiger partial charge in [-0.05, 0) is 48.7 Å². The summed E-state index contributed by atoms with van der Waals surface area (Å²) in [5.41, 5.74) is 1.95. The number of benzene rings is 2. The topological polar surface area (TPSA) is 64.1 Å². The lowest BCUT2D eigenvalue weighted by molar-refractivity contribution is -0.153. The summed E-state index contributed by atoms with van der Waals surface area (Å²) in [4.78, 5) is 4.53. The molecule has 0 heterocycles. The van der Waals surface area contributed by atoms with Crippen LogP contribution in [0, 0.1) is 0 Å². The molecule has 0 unspecified atom stereocenters. The van der Waals surface area contributed by atoms with Gasteiger partial charge >= 0.3 is 6.18 Å². The molecule has 0 aromatic heterocycles. The maximum atomic E-state index is 12.4. The number of ether oxygens (including phenoxy) is 3. The van der Waals surface area contributed by atoms with Gasteiger partial charge in [-0.25, -0.2) is 4.99 Å². The first-order valence-corrected chi connectivity index (χ1v) is 9.86. The van der Waals surface area contributed by atoms with Crippen LogP contribution >= 0.6 is 24.0 Å². The summed E-state index contributed by atoms with van der Waals surface area (Å²) >= 11 is 0. The van der Waals surface area contributed by atoms with Crippen LogP contribution in [0.25, 0.3) is 0 Å². The zero-order chi connectivity index (χ0) is 22.7. The number of halogens is 4. The SMILES string of the molecule is CCNC(=NCc1ccc(OCC(F)(F)F)c(OC)c1)NCCc1ccc(OC)cc1.I. The minimum absolute atomic E-state index is 0. The van der Waals surface area contributed by atoms with Crippen LogP contribution in [0.5, 0.6) is 17.2 Å². The molecule has 32 heavy (non-hydrogen) atoms. The van der Waals surface area contributed by atoms with Crippen LogP contribution in [0.1, 0.15) is 18.1 Å². The fraction of sp³-hybridized carbons (Fsp3) is 0.409. The Hall–Kier alpha value is -2.37. The number of methoxy groups -OCH3 is 2. The second-order valence-electron chi connectivity index (χ2n) is 6.61. The van der Waals surface area contributed by atoms with Crippen LogP contribution in [0.2, 0.25) is 0 Å². The Balaban J connectivity index is 0.00000512. The molecule has 0 saturated heterocycles. The monoisotopic (exact) mass is 567 g/mol. The van der Waals surface area contributed by atoms with Crippen molar-refractivity contribution in [3.05, 3.63) is 53.6 Å². The molecule has 0 saturated carbocycles. The van der Waals surface area contributed by atoms with E-state index in [-0.39, 0.29) is 35.5 Å². The molecular formula is C22H29F3IN3O3. The molecule has 0 aliphatic heterocycles. The van der Waals surface area contributed by atoms with Gasteiger partial charge in [-0.2, -0.15) is 13.2 Å². The largest absolute Gasteiger partial charge is 0.497 e. The van der Waals surface area contributed by atoms with Gasteiger partial charge in [0.25, 0.3) is 0 Å². The molecule has 0 fully saturated rings. The fourth-order valence-corrected chi connectivity index (χ4v) is 2.72. The number of guanidine groups is 1. The third-order valence-corrected chi connectivity index (χ3v) is 4.25. The molecule has 0 bridgehead atoms. The molecule has 0 radical (unpaired) electrons. The Morgan fingerprint density at radius 1 is 0.938 bits per heavy atom. The highest BCUT2D eigenvalue weighted by Gasteiger charge is 2.29. The normalized spacial score (nSPS) is 11.4. The van der Waals surface area contributed by atoms with Crippen LogP contribution in [0.4, 0.5) is 13.2 Å². The van der Waals surface area contributed by atoms with Gasteiger partial charge in [0, 0.05) is 13.1 Å². The molecule has 0 amide bonds. The Bertz CT molecular complexity index is 847. The minimum atomic E-state index is -4.41. The van der Waals surface area contributed by atoms with Gasteiger partial charge in [0.2, 0.25) is 0 Å². The first-order chi connectivity index (χ1) is 14.8. The van der Waals surface area contributed by atoms with E-state index in [4.69, 9.17) is 14.2 Å². The number of nitrogens with one attached hydrogen (secondary N) is 2. The van der Waals surface area contributed by atoms with E-state index in [0.29, 0.717) is 25.6 Å². The predicted molar refractivity (Wildman–Crippen MR) is 129 cm³/mol. The lowest BCUT2D eigenvalue weighted by Crippen LogP contribution is -2.38. The minimum Gasteiger partial charge on any atom is -0.497 e. The number of alkyl halides is 3. The van der Waals surface area contributed by atoms with Gasteiger partial charge in [0.05, 0.1) is 20.8 Å². The van der Waals surface area contributed by atoms with Gasteiger partial charge in [0.15, 0.2) is 24.1 Å². The molecule has 2 aromatic carbocycles. The number of aliphatic imine (C=N–C) groups is 1. The standard InChI is InChI=1S/C22H28F3N3O3.HI/c1-4-26-21(27-12-11-16-5-8-18(29-2)9-6-16)28-14-17-7-10-19(20(13-17)30-3)31-15-22(23,24)25;/h5-10,13H,4,11-12,14-15H2,1-3H3,(H2,26,27,28);1H. The smallest absolute Gasteiger partial charge is 0.422 e. The highest BCUT2D eigenvalue weighted by Crippen LogP contribution is 2.30. The van der Waals surface area contributed by atoms with E-state index in [0.717, 1.165) is 17.7 Å². The zero-order valence-electron chi connectivity index (χ0n) is 18.3. The average Bonchev–Trinajstić information content (AvgIpc) is 2.76. The molecule has 2 aromatic rings. The van der Waals surface area contributed by atoms with Crippen molar-refractivity contribution < 1.29 is 27.4 Å². The summed E-state index contributed by atoms with van der Waals surface area (Å²) in [7, 11) is 3.02. The van der Waals surface area contributed by atoms with Gasteiger partial charge in [-0.1, -0.05) is 18.2 Å². The molecular weight excluding hydrogens is 538 g/mol. The second-order valence-corrected chi connectivity index (χ2v) is 6.61. The van der Waals surface area contributed by atoms with E-state index >= 15 is 0 Å². The highest BCUT2D eigenvalue weighted by molar-refractivity contribution is 14.0. The summed E-state index contributed by atoms with van der Waals surface area (Å²) in [6.45, 7) is 2.31. The van der Waals surface area contributed by atoms with Gasteiger partial charge in [-0.3, -0.25) is 0 Å². The Morgan fingerprint density at radius 2 is 1.62 bits per heavy atom. The van der Waals surface area contributed by atoms with Crippen molar-refractivity contribution in [3.63, 3.8) is 0 Å². The molecule has 0 spiro atoms. The van der Waals surface area contributed by atoms with Gasteiger partial charge in [0.1, 0.15) is 5.75 Å². The van der Waals surface area contributed by atoms with E-state index in [2.05, 4.69) is 15.6 Å². The van der Waals surface area contributed by atoms with Crippen LogP contribution in [-0.4, -0.2) is 46.1 Å². The number of hydrogen-bond acceptors (Lipinski definition) is 4. The lowest BCUT2D eigenvalue weighted by Gasteiger charge is -2.14. The maximum absolute atomic E-state index is 12.4.